The summed E-state index contributed by atoms with van der Waals surface area (Å²) in [5, 5.41) is 2.33. The van der Waals surface area contributed by atoms with Gasteiger partial charge in [-0.1, -0.05) is 42.5 Å². The van der Waals surface area contributed by atoms with Crippen LogP contribution in [0.15, 0.2) is 54.6 Å². The molecule has 0 aromatic heterocycles. The van der Waals surface area contributed by atoms with Crippen molar-refractivity contribution in [2.75, 3.05) is 0 Å². The monoisotopic (exact) mass is 231 g/mol. The molecule has 0 aliphatic carbocycles. The minimum atomic E-state index is 0.868. The number of hydrogen-bond donors (Lipinski definition) is 0. The average molecular weight is 231 g/mol. The fourth-order valence-electron chi connectivity index (χ4n) is 2.48. The van der Waals surface area contributed by atoms with Gasteiger partial charge in [0.05, 0.1) is 0 Å². The highest BCUT2D eigenvalue weighted by atomic mass is 16.5. The zero-order valence-electron chi connectivity index (χ0n) is 9.81. The van der Waals surface area contributed by atoms with Crippen LogP contribution in [-0.4, -0.2) is 0 Å². The van der Waals surface area contributed by atoms with Crippen LogP contribution < -0.4 is 4.74 Å². The van der Waals surface area contributed by atoms with Crippen LogP contribution in [0.4, 0.5) is 0 Å². The van der Waals surface area contributed by atoms with Crippen LogP contribution in [0.5, 0.6) is 11.5 Å². The SMILES string of the molecule is [c]1c2c(cc3ccccc13)Cc1ccccc1O2. The van der Waals surface area contributed by atoms with Gasteiger partial charge in [-0.2, -0.15) is 0 Å². The van der Waals surface area contributed by atoms with Gasteiger partial charge in [0.2, 0.25) is 0 Å². The Morgan fingerprint density at radius 3 is 2.72 bits per heavy atom. The van der Waals surface area contributed by atoms with Crippen LogP contribution >= 0.6 is 0 Å². The molecule has 1 heteroatoms. The number of para-hydroxylation sites is 1. The van der Waals surface area contributed by atoms with Crippen molar-refractivity contribution in [1.82, 2.24) is 0 Å². The van der Waals surface area contributed by atoms with Gasteiger partial charge in [-0.3, -0.25) is 0 Å². The molecular formula is C17H11O. The smallest absolute Gasteiger partial charge is 0.139 e. The van der Waals surface area contributed by atoms with Crippen molar-refractivity contribution in [3.63, 3.8) is 0 Å². The Kier molecular flexibility index (Phi) is 1.95. The lowest BCUT2D eigenvalue weighted by Gasteiger charge is -2.20. The maximum absolute atomic E-state index is 5.93. The second-order valence-corrected chi connectivity index (χ2v) is 4.60. The van der Waals surface area contributed by atoms with Crippen molar-refractivity contribution >= 4 is 10.8 Å². The predicted octanol–water partition coefficient (Wildman–Crippen LogP) is 4.34. The van der Waals surface area contributed by atoms with E-state index in [-0.39, 0.29) is 0 Å². The summed E-state index contributed by atoms with van der Waals surface area (Å²) in [6.45, 7) is 0. The van der Waals surface area contributed by atoms with Gasteiger partial charge in [-0.25, -0.2) is 0 Å². The number of ether oxygens (including phenoxy) is 1. The van der Waals surface area contributed by atoms with E-state index in [1.165, 1.54) is 16.5 Å². The maximum atomic E-state index is 5.93. The highest BCUT2D eigenvalue weighted by Gasteiger charge is 2.17. The Balaban J connectivity index is 1.92. The van der Waals surface area contributed by atoms with E-state index in [0.29, 0.717) is 0 Å². The number of rotatable bonds is 0. The standard InChI is InChI=1S/C17H11O/c1-2-6-13-11-17-15(9-12(13)5-1)10-14-7-3-4-8-16(14)18-17/h1-9H,10H2. The third-order valence-electron chi connectivity index (χ3n) is 3.40. The summed E-state index contributed by atoms with van der Waals surface area (Å²) in [7, 11) is 0. The lowest BCUT2D eigenvalue weighted by molar-refractivity contribution is 0.460. The molecule has 0 amide bonds. The van der Waals surface area contributed by atoms with Gasteiger partial charge in [0.1, 0.15) is 11.5 Å². The molecule has 18 heavy (non-hydrogen) atoms. The molecule has 85 valence electrons. The van der Waals surface area contributed by atoms with E-state index in [1.807, 2.05) is 18.2 Å². The molecule has 0 spiro atoms. The Labute approximate surface area is 106 Å². The van der Waals surface area contributed by atoms with E-state index in [1.54, 1.807) is 0 Å². The summed E-state index contributed by atoms with van der Waals surface area (Å²) in [6.07, 6.45) is 0.923. The highest BCUT2D eigenvalue weighted by molar-refractivity contribution is 5.84. The molecule has 4 rings (SSSR count). The third-order valence-corrected chi connectivity index (χ3v) is 3.40. The summed E-state index contributed by atoms with van der Waals surface area (Å²) in [5.74, 6) is 1.82. The molecule has 0 atom stereocenters. The van der Waals surface area contributed by atoms with Crippen molar-refractivity contribution in [2.45, 2.75) is 6.42 Å². The maximum Gasteiger partial charge on any atom is 0.139 e. The van der Waals surface area contributed by atoms with Crippen LogP contribution in [-0.2, 0) is 6.42 Å². The molecule has 0 saturated heterocycles. The summed E-state index contributed by atoms with van der Waals surface area (Å²) >= 11 is 0. The first kappa shape index (κ1) is 9.72. The summed E-state index contributed by atoms with van der Waals surface area (Å²) in [5.41, 5.74) is 2.46. The normalized spacial score (nSPS) is 12.7. The molecule has 3 aromatic carbocycles. The van der Waals surface area contributed by atoms with Crippen molar-refractivity contribution < 1.29 is 4.74 Å². The lowest BCUT2D eigenvalue weighted by Crippen LogP contribution is -2.02. The van der Waals surface area contributed by atoms with Crippen LogP contribution in [0.25, 0.3) is 10.8 Å². The average Bonchev–Trinajstić information content (AvgIpc) is 2.42. The topological polar surface area (TPSA) is 9.23 Å². The van der Waals surface area contributed by atoms with Gasteiger partial charge in [0.25, 0.3) is 0 Å². The Bertz CT molecular complexity index is 680. The molecule has 3 aromatic rings. The number of hydrogen-bond acceptors (Lipinski definition) is 1. The largest absolute Gasteiger partial charge is 0.456 e. The Morgan fingerprint density at radius 1 is 0.889 bits per heavy atom. The second-order valence-electron chi connectivity index (χ2n) is 4.60. The summed E-state index contributed by atoms with van der Waals surface area (Å²) < 4.78 is 5.93. The Morgan fingerprint density at radius 2 is 1.72 bits per heavy atom. The van der Waals surface area contributed by atoms with E-state index in [9.17, 15) is 0 Å². The van der Waals surface area contributed by atoms with Crippen LogP contribution in [0.2, 0.25) is 0 Å². The van der Waals surface area contributed by atoms with Gasteiger partial charge in [-0.05, 0) is 28.5 Å². The minimum Gasteiger partial charge on any atom is -0.456 e. The molecule has 0 unspecified atom stereocenters. The first-order valence-corrected chi connectivity index (χ1v) is 6.10. The first-order valence-electron chi connectivity index (χ1n) is 6.10. The predicted molar refractivity (Wildman–Crippen MR) is 72.1 cm³/mol. The molecule has 0 fully saturated rings. The van der Waals surface area contributed by atoms with E-state index in [0.717, 1.165) is 23.3 Å². The van der Waals surface area contributed by atoms with Gasteiger partial charge in [-0.15, -0.1) is 0 Å². The molecular weight excluding hydrogens is 220 g/mol. The molecule has 0 N–H and O–H groups in total. The third kappa shape index (κ3) is 1.41. The van der Waals surface area contributed by atoms with E-state index < -0.39 is 0 Å². The van der Waals surface area contributed by atoms with Crippen molar-refractivity contribution in [1.29, 1.82) is 0 Å². The molecule has 1 heterocycles. The van der Waals surface area contributed by atoms with Crippen LogP contribution in [0, 0.1) is 6.07 Å². The molecule has 0 bridgehead atoms. The Hall–Kier alpha value is -2.28. The molecule has 0 saturated carbocycles. The molecule has 1 aliphatic rings. The number of benzene rings is 3. The summed E-state index contributed by atoms with van der Waals surface area (Å²) in [6, 6.07) is 22.0. The molecule has 1 radical (unpaired) electrons. The van der Waals surface area contributed by atoms with Crippen molar-refractivity contribution in [3.8, 4) is 11.5 Å². The van der Waals surface area contributed by atoms with E-state index in [2.05, 4.69) is 42.5 Å². The van der Waals surface area contributed by atoms with Gasteiger partial charge < -0.3 is 4.74 Å². The van der Waals surface area contributed by atoms with Crippen molar-refractivity contribution in [3.05, 3.63) is 71.8 Å². The van der Waals surface area contributed by atoms with E-state index in [4.69, 9.17) is 4.74 Å². The van der Waals surface area contributed by atoms with Crippen molar-refractivity contribution in [2.24, 2.45) is 0 Å². The number of fused-ring (bicyclic) bond motifs is 3. The fraction of sp³-hybridized carbons (Fsp3) is 0.0588. The minimum absolute atomic E-state index is 0.868. The first-order chi connectivity index (χ1) is 8.90. The van der Waals surface area contributed by atoms with Gasteiger partial charge >= 0.3 is 0 Å². The van der Waals surface area contributed by atoms with Gasteiger partial charge in [0.15, 0.2) is 0 Å². The van der Waals surface area contributed by atoms with E-state index >= 15 is 0 Å². The van der Waals surface area contributed by atoms with Crippen LogP contribution in [0.1, 0.15) is 11.1 Å². The highest BCUT2D eigenvalue weighted by Crippen LogP contribution is 2.37. The quantitative estimate of drug-likeness (QED) is 0.437. The lowest BCUT2D eigenvalue weighted by atomic mass is 9.97. The zero-order chi connectivity index (χ0) is 11.9. The summed E-state index contributed by atoms with van der Waals surface area (Å²) in [4.78, 5) is 0. The molecule has 1 nitrogen and oxygen atoms in total. The molecule has 1 aliphatic heterocycles. The zero-order valence-corrected chi connectivity index (χ0v) is 9.81. The fourth-order valence-corrected chi connectivity index (χ4v) is 2.48. The van der Waals surface area contributed by atoms with Crippen LogP contribution in [0.3, 0.4) is 0 Å². The van der Waals surface area contributed by atoms with Gasteiger partial charge in [0, 0.05) is 18.1 Å². The second kappa shape index (κ2) is 3.61.